The normalized spacial score (nSPS) is 12.0. The van der Waals surface area contributed by atoms with Gasteiger partial charge in [0.05, 0.1) is 5.39 Å². The summed E-state index contributed by atoms with van der Waals surface area (Å²) in [6.45, 7) is 0.0608. The lowest BCUT2D eigenvalue weighted by Crippen LogP contribution is -2.37. The van der Waals surface area contributed by atoms with Gasteiger partial charge in [0.2, 0.25) is 10.0 Å². The molecular weight excluding hydrogens is 392 g/mol. The highest BCUT2D eigenvalue weighted by molar-refractivity contribution is 7.89. The van der Waals surface area contributed by atoms with Gasteiger partial charge in [-0.05, 0) is 17.7 Å². The van der Waals surface area contributed by atoms with Crippen molar-refractivity contribution in [2.24, 2.45) is 14.1 Å². The van der Waals surface area contributed by atoms with E-state index in [1.165, 1.54) is 31.8 Å². The summed E-state index contributed by atoms with van der Waals surface area (Å²) in [7, 11) is 0.292. The molecule has 0 amide bonds. The van der Waals surface area contributed by atoms with E-state index in [0.29, 0.717) is 10.6 Å². The van der Waals surface area contributed by atoms with Gasteiger partial charge in [0, 0.05) is 38.9 Å². The quantitative estimate of drug-likeness (QED) is 0.644. The Hall–Kier alpha value is -2.49. The first-order valence-corrected chi connectivity index (χ1v) is 9.72. The van der Waals surface area contributed by atoms with Crippen LogP contribution in [0.25, 0.3) is 11.0 Å². The van der Waals surface area contributed by atoms with E-state index in [-0.39, 0.29) is 22.5 Å². The minimum Gasteiger partial charge on any atom is -0.280 e. The van der Waals surface area contributed by atoms with Crippen molar-refractivity contribution in [3.63, 3.8) is 0 Å². The van der Waals surface area contributed by atoms with E-state index in [0.717, 1.165) is 15.1 Å². The lowest BCUT2D eigenvalue weighted by atomic mass is 10.2. The highest BCUT2D eigenvalue weighted by Crippen LogP contribution is 2.21. The first kappa shape index (κ1) is 19.3. The number of fused-ring (bicyclic) bond motifs is 1. The van der Waals surface area contributed by atoms with Crippen molar-refractivity contribution in [2.45, 2.75) is 11.4 Å². The van der Waals surface area contributed by atoms with Crippen LogP contribution in [0.5, 0.6) is 0 Å². The first-order chi connectivity index (χ1) is 12.6. The number of pyridine rings is 1. The summed E-state index contributed by atoms with van der Waals surface area (Å²) < 4.78 is 29.0. The van der Waals surface area contributed by atoms with E-state index in [1.54, 1.807) is 24.3 Å². The van der Waals surface area contributed by atoms with E-state index in [9.17, 15) is 18.0 Å². The predicted octanol–water partition coefficient (Wildman–Crippen LogP) is 1.11. The van der Waals surface area contributed by atoms with Crippen LogP contribution in [0.1, 0.15) is 5.56 Å². The highest BCUT2D eigenvalue weighted by Gasteiger charge is 2.23. The van der Waals surface area contributed by atoms with Gasteiger partial charge < -0.3 is 0 Å². The van der Waals surface area contributed by atoms with Crippen molar-refractivity contribution in [2.75, 3.05) is 7.05 Å². The molecule has 0 aliphatic heterocycles. The molecule has 0 N–H and O–H groups in total. The summed E-state index contributed by atoms with van der Waals surface area (Å²) >= 11 is 6.10. The Bertz CT molecular complexity index is 1260. The lowest BCUT2D eigenvalue weighted by molar-refractivity contribution is 0.466. The zero-order chi connectivity index (χ0) is 19.9. The van der Waals surface area contributed by atoms with Crippen LogP contribution < -0.4 is 11.2 Å². The summed E-state index contributed by atoms with van der Waals surface area (Å²) in [4.78, 5) is 28.2. The molecule has 1 aromatic carbocycles. The zero-order valence-electron chi connectivity index (χ0n) is 14.9. The van der Waals surface area contributed by atoms with Crippen molar-refractivity contribution in [1.29, 1.82) is 0 Å². The summed E-state index contributed by atoms with van der Waals surface area (Å²) in [5.41, 5.74) is -0.369. The lowest BCUT2D eigenvalue weighted by Gasteiger charge is -2.18. The van der Waals surface area contributed by atoms with Crippen LogP contribution in [0.2, 0.25) is 5.02 Å². The Morgan fingerprint density at radius 3 is 2.48 bits per heavy atom. The van der Waals surface area contributed by atoms with Gasteiger partial charge in [-0.25, -0.2) is 18.2 Å². The molecular formula is C17H17ClN4O4S. The molecule has 8 nitrogen and oxygen atoms in total. The first-order valence-electron chi connectivity index (χ1n) is 7.90. The van der Waals surface area contributed by atoms with Crippen molar-refractivity contribution in [1.82, 2.24) is 18.4 Å². The second kappa shape index (κ2) is 6.91. The van der Waals surface area contributed by atoms with Gasteiger partial charge in [0.25, 0.3) is 5.56 Å². The van der Waals surface area contributed by atoms with Crippen molar-refractivity contribution < 1.29 is 8.42 Å². The Labute approximate surface area is 160 Å². The third-order valence-electron chi connectivity index (χ3n) is 4.33. The van der Waals surface area contributed by atoms with E-state index in [2.05, 4.69) is 4.98 Å². The highest BCUT2D eigenvalue weighted by atomic mass is 35.5. The van der Waals surface area contributed by atoms with Crippen LogP contribution in [0.3, 0.4) is 0 Å². The third kappa shape index (κ3) is 3.29. The van der Waals surface area contributed by atoms with Crippen LogP contribution in [-0.2, 0) is 30.7 Å². The molecule has 10 heteroatoms. The minimum absolute atomic E-state index is 0.0480. The maximum Gasteiger partial charge on any atom is 0.332 e. The van der Waals surface area contributed by atoms with Gasteiger partial charge in [-0.2, -0.15) is 4.31 Å². The number of aryl methyl sites for hydroxylation is 1. The number of rotatable bonds is 4. The predicted molar refractivity (Wildman–Crippen MR) is 102 cm³/mol. The Morgan fingerprint density at radius 2 is 1.81 bits per heavy atom. The molecule has 0 fully saturated rings. The van der Waals surface area contributed by atoms with Crippen LogP contribution in [-0.4, -0.2) is 33.9 Å². The van der Waals surface area contributed by atoms with Gasteiger partial charge in [-0.1, -0.05) is 29.8 Å². The summed E-state index contributed by atoms with van der Waals surface area (Å²) in [6.07, 6.45) is 1.14. The van der Waals surface area contributed by atoms with E-state index in [1.807, 2.05) is 0 Å². The number of halogens is 1. The van der Waals surface area contributed by atoms with E-state index in [4.69, 9.17) is 11.6 Å². The molecule has 0 aliphatic carbocycles. The number of nitrogens with zero attached hydrogens (tertiary/aromatic N) is 4. The maximum atomic E-state index is 12.9. The number of aromatic nitrogens is 3. The van der Waals surface area contributed by atoms with Gasteiger partial charge in [-0.3, -0.25) is 13.9 Å². The maximum absolute atomic E-state index is 12.9. The van der Waals surface area contributed by atoms with Crippen LogP contribution >= 0.6 is 11.6 Å². The fraction of sp³-hybridized carbons (Fsp3) is 0.235. The van der Waals surface area contributed by atoms with Gasteiger partial charge in [-0.15, -0.1) is 0 Å². The SMILES string of the molecule is CN(Cc1ccccc1Cl)S(=O)(=O)c1cnc2c(c1)c(=O)n(C)c(=O)n2C. The van der Waals surface area contributed by atoms with Crippen molar-refractivity contribution in [3.8, 4) is 0 Å². The van der Waals surface area contributed by atoms with E-state index < -0.39 is 21.3 Å². The standard InChI is InChI=1S/C17H17ClN4O4S/c1-20(10-11-6-4-5-7-14(11)18)27(25,26)12-8-13-15(19-9-12)21(2)17(24)22(3)16(13)23/h4-9H,10H2,1-3H3. The van der Waals surface area contributed by atoms with Gasteiger partial charge in [0.15, 0.2) is 0 Å². The second-order valence-corrected chi connectivity index (χ2v) is 8.55. The monoisotopic (exact) mass is 408 g/mol. The average molecular weight is 409 g/mol. The molecule has 0 unspecified atom stereocenters. The molecule has 3 aromatic rings. The number of hydrogen-bond acceptors (Lipinski definition) is 5. The number of hydrogen-bond donors (Lipinski definition) is 0. The smallest absolute Gasteiger partial charge is 0.280 e. The van der Waals surface area contributed by atoms with Crippen molar-refractivity contribution >= 4 is 32.7 Å². The van der Waals surface area contributed by atoms with Crippen LogP contribution in [0.4, 0.5) is 0 Å². The summed E-state index contributed by atoms with van der Waals surface area (Å²) in [5.74, 6) is 0. The summed E-state index contributed by atoms with van der Waals surface area (Å²) in [6, 6.07) is 8.18. The minimum atomic E-state index is -3.92. The molecule has 0 saturated carbocycles. The molecule has 0 spiro atoms. The Morgan fingerprint density at radius 1 is 1.15 bits per heavy atom. The van der Waals surface area contributed by atoms with Gasteiger partial charge in [0.1, 0.15) is 10.5 Å². The fourth-order valence-electron chi connectivity index (χ4n) is 2.72. The molecule has 27 heavy (non-hydrogen) atoms. The molecule has 2 aromatic heterocycles. The molecule has 0 bridgehead atoms. The average Bonchev–Trinajstić information content (AvgIpc) is 2.65. The summed E-state index contributed by atoms with van der Waals surface area (Å²) in [5, 5.41) is 0.506. The van der Waals surface area contributed by atoms with E-state index >= 15 is 0 Å². The fourth-order valence-corrected chi connectivity index (χ4v) is 4.04. The molecule has 0 atom stereocenters. The second-order valence-electron chi connectivity index (χ2n) is 6.10. The molecule has 0 aliphatic rings. The molecule has 3 rings (SSSR count). The Balaban J connectivity index is 2.09. The van der Waals surface area contributed by atoms with Crippen molar-refractivity contribution in [3.05, 3.63) is 68.0 Å². The van der Waals surface area contributed by atoms with Gasteiger partial charge >= 0.3 is 5.69 Å². The largest absolute Gasteiger partial charge is 0.332 e. The van der Waals surface area contributed by atoms with Crippen LogP contribution in [0, 0.1) is 0 Å². The molecule has 0 radical (unpaired) electrons. The number of benzene rings is 1. The molecule has 2 heterocycles. The number of sulfonamides is 1. The third-order valence-corrected chi connectivity index (χ3v) is 6.46. The van der Waals surface area contributed by atoms with Crippen LogP contribution in [0.15, 0.2) is 51.0 Å². The molecule has 142 valence electrons. The molecule has 0 saturated heterocycles. The Kier molecular flexibility index (Phi) is 4.94. The topological polar surface area (TPSA) is 94.3 Å². The zero-order valence-corrected chi connectivity index (χ0v) is 16.5.